The van der Waals surface area contributed by atoms with Crippen LogP contribution in [0.3, 0.4) is 0 Å². The van der Waals surface area contributed by atoms with E-state index in [0.29, 0.717) is 24.5 Å². The van der Waals surface area contributed by atoms with Crippen LogP contribution in [0.15, 0.2) is 34.7 Å². The van der Waals surface area contributed by atoms with E-state index in [4.69, 9.17) is 4.42 Å². The maximum absolute atomic E-state index is 5.59. The molecule has 0 saturated heterocycles. The predicted octanol–water partition coefficient (Wildman–Crippen LogP) is 2.34. The molecule has 0 saturated carbocycles. The molecule has 0 radical (unpaired) electrons. The lowest BCUT2D eigenvalue weighted by Crippen LogP contribution is -2.21. The van der Waals surface area contributed by atoms with E-state index < -0.39 is 0 Å². The summed E-state index contributed by atoms with van der Waals surface area (Å²) in [6, 6.07) is 10.8. The van der Waals surface area contributed by atoms with E-state index in [1.54, 1.807) is 0 Å². The highest BCUT2D eigenvalue weighted by Crippen LogP contribution is 2.21. The number of hydrogen-bond donors (Lipinski definition) is 1. The molecule has 0 amide bonds. The van der Waals surface area contributed by atoms with Crippen molar-refractivity contribution in [3.63, 3.8) is 0 Å². The van der Waals surface area contributed by atoms with Gasteiger partial charge in [-0.1, -0.05) is 37.1 Å². The van der Waals surface area contributed by atoms with Crippen LogP contribution >= 0.6 is 0 Å². The minimum absolute atomic E-state index is 0.396. The Bertz CT molecular complexity index is 481. The first kappa shape index (κ1) is 12.6. The number of para-hydroxylation sites is 1. The highest BCUT2D eigenvalue weighted by molar-refractivity contribution is 5.54. The van der Waals surface area contributed by atoms with Gasteiger partial charge in [-0.05, 0) is 12.1 Å². The molecule has 1 aromatic carbocycles. The summed E-state index contributed by atoms with van der Waals surface area (Å²) in [7, 11) is 1.91. The fourth-order valence-corrected chi connectivity index (χ4v) is 1.51. The third-order valence-corrected chi connectivity index (χ3v) is 2.55. The van der Waals surface area contributed by atoms with E-state index in [1.165, 1.54) is 0 Å². The van der Waals surface area contributed by atoms with Gasteiger partial charge in [-0.15, -0.1) is 5.10 Å². The average molecular weight is 246 g/mol. The summed E-state index contributed by atoms with van der Waals surface area (Å²) in [5, 5.41) is 11.3. The Hall–Kier alpha value is -1.88. The molecule has 0 atom stereocenters. The second kappa shape index (κ2) is 5.64. The lowest BCUT2D eigenvalue weighted by atomic mass is 10.3. The Morgan fingerprint density at radius 1 is 1.22 bits per heavy atom. The van der Waals surface area contributed by atoms with Crippen molar-refractivity contribution in [2.24, 2.45) is 0 Å². The zero-order chi connectivity index (χ0) is 13.0. The summed E-state index contributed by atoms with van der Waals surface area (Å²) in [5.74, 6) is 0.599. The van der Waals surface area contributed by atoms with Crippen molar-refractivity contribution in [2.75, 3.05) is 11.9 Å². The Kier molecular flexibility index (Phi) is 3.94. The van der Waals surface area contributed by atoms with E-state index in [9.17, 15) is 0 Å². The standard InChI is InChI=1S/C13H18N4O/c1-10(2)14-9-12-15-16-13(18-12)17(3)11-7-5-4-6-8-11/h4-8,10,14H,9H2,1-3H3. The van der Waals surface area contributed by atoms with E-state index in [-0.39, 0.29) is 0 Å². The second-order valence-electron chi connectivity index (χ2n) is 4.41. The molecule has 1 aromatic heterocycles. The summed E-state index contributed by atoms with van der Waals surface area (Å²) in [6.45, 7) is 4.74. The zero-order valence-corrected chi connectivity index (χ0v) is 10.9. The average Bonchev–Trinajstić information content (AvgIpc) is 2.85. The fraction of sp³-hybridized carbons (Fsp3) is 0.385. The van der Waals surface area contributed by atoms with Gasteiger partial charge in [-0.3, -0.25) is 4.90 Å². The first-order chi connectivity index (χ1) is 8.66. The Labute approximate surface area is 107 Å². The zero-order valence-electron chi connectivity index (χ0n) is 10.9. The lowest BCUT2D eigenvalue weighted by molar-refractivity contribution is 0.454. The number of nitrogens with zero attached hydrogens (tertiary/aromatic N) is 3. The topological polar surface area (TPSA) is 54.2 Å². The van der Waals surface area contributed by atoms with E-state index >= 15 is 0 Å². The smallest absolute Gasteiger partial charge is 0.322 e. The van der Waals surface area contributed by atoms with Gasteiger partial charge in [-0.25, -0.2) is 0 Å². The molecule has 0 aliphatic heterocycles. The molecule has 0 unspecified atom stereocenters. The molecule has 1 heterocycles. The second-order valence-corrected chi connectivity index (χ2v) is 4.41. The first-order valence-electron chi connectivity index (χ1n) is 6.01. The maximum Gasteiger partial charge on any atom is 0.322 e. The van der Waals surface area contributed by atoms with Gasteiger partial charge in [0, 0.05) is 18.8 Å². The van der Waals surface area contributed by atoms with Crippen LogP contribution in [0.4, 0.5) is 11.7 Å². The fourth-order valence-electron chi connectivity index (χ4n) is 1.51. The van der Waals surface area contributed by atoms with Crippen molar-refractivity contribution in [3.05, 3.63) is 36.2 Å². The monoisotopic (exact) mass is 246 g/mol. The van der Waals surface area contributed by atoms with Crippen LogP contribution < -0.4 is 10.2 Å². The van der Waals surface area contributed by atoms with Gasteiger partial charge in [0.15, 0.2) is 0 Å². The van der Waals surface area contributed by atoms with Crippen LogP contribution in [0, 0.1) is 0 Å². The van der Waals surface area contributed by atoms with E-state index in [1.807, 2.05) is 42.3 Å². The molecule has 0 fully saturated rings. The summed E-state index contributed by atoms with van der Waals surface area (Å²) in [5.41, 5.74) is 1.02. The van der Waals surface area contributed by atoms with Crippen molar-refractivity contribution in [1.29, 1.82) is 0 Å². The minimum atomic E-state index is 0.396. The lowest BCUT2D eigenvalue weighted by Gasteiger charge is -2.13. The van der Waals surface area contributed by atoms with Gasteiger partial charge in [0.25, 0.3) is 0 Å². The molecule has 0 aliphatic carbocycles. The van der Waals surface area contributed by atoms with Crippen LogP contribution in [0.2, 0.25) is 0 Å². The van der Waals surface area contributed by atoms with Crippen LogP contribution in [0.5, 0.6) is 0 Å². The predicted molar refractivity (Wildman–Crippen MR) is 70.8 cm³/mol. The third kappa shape index (κ3) is 3.07. The number of aromatic nitrogens is 2. The SMILES string of the molecule is CC(C)NCc1nnc(N(C)c2ccccc2)o1. The third-order valence-electron chi connectivity index (χ3n) is 2.55. The number of anilines is 2. The van der Waals surface area contributed by atoms with Crippen LogP contribution in [0.25, 0.3) is 0 Å². The highest BCUT2D eigenvalue weighted by Gasteiger charge is 2.11. The molecule has 0 bridgehead atoms. The van der Waals surface area contributed by atoms with Gasteiger partial charge >= 0.3 is 6.01 Å². The Morgan fingerprint density at radius 3 is 2.61 bits per heavy atom. The minimum Gasteiger partial charge on any atom is -0.406 e. The van der Waals surface area contributed by atoms with Gasteiger partial charge in [-0.2, -0.15) is 0 Å². The highest BCUT2D eigenvalue weighted by atomic mass is 16.4. The van der Waals surface area contributed by atoms with E-state index in [2.05, 4.69) is 29.4 Å². The summed E-state index contributed by atoms with van der Waals surface area (Å²) in [6.07, 6.45) is 0. The van der Waals surface area contributed by atoms with Gasteiger partial charge in [0.2, 0.25) is 5.89 Å². The molecule has 2 rings (SSSR count). The molecule has 1 N–H and O–H groups in total. The number of rotatable bonds is 5. The summed E-state index contributed by atoms with van der Waals surface area (Å²) in [4.78, 5) is 1.87. The van der Waals surface area contributed by atoms with Crippen molar-refractivity contribution in [3.8, 4) is 0 Å². The number of nitrogens with one attached hydrogen (secondary N) is 1. The molecule has 0 spiro atoms. The Balaban J connectivity index is 2.06. The molecule has 0 aliphatic rings. The van der Waals surface area contributed by atoms with Crippen molar-refractivity contribution in [2.45, 2.75) is 26.4 Å². The van der Waals surface area contributed by atoms with Gasteiger partial charge in [0.05, 0.1) is 6.54 Å². The summed E-state index contributed by atoms with van der Waals surface area (Å²) < 4.78 is 5.59. The largest absolute Gasteiger partial charge is 0.406 e. The molecular weight excluding hydrogens is 228 g/mol. The van der Waals surface area contributed by atoms with E-state index in [0.717, 1.165) is 5.69 Å². The van der Waals surface area contributed by atoms with Crippen molar-refractivity contribution >= 4 is 11.7 Å². The quantitative estimate of drug-likeness (QED) is 0.877. The van der Waals surface area contributed by atoms with Crippen molar-refractivity contribution in [1.82, 2.24) is 15.5 Å². The summed E-state index contributed by atoms with van der Waals surface area (Å²) >= 11 is 0. The number of hydrogen-bond acceptors (Lipinski definition) is 5. The Morgan fingerprint density at radius 2 is 1.94 bits per heavy atom. The first-order valence-corrected chi connectivity index (χ1v) is 6.01. The van der Waals surface area contributed by atoms with Crippen LogP contribution in [-0.4, -0.2) is 23.3 Å². The molecular formula is C13H18N4O. The van der Waals surface area contributed by atoms with Crippen LogP contribution in [-0.2, 0) is 6.54 Å². The van der Waals surface area contributed by atoms with Gasteiger partial charge < -0.3 is 9.73 Å². The van der Waals surface area contributed by atoms with Gasteiger partial charge in [0.1, 0.15) is 0 Å². The molecule has 5 heteroatoms. The molecule has 5 nitrogen and oxygen atoms in total. The normalized spacial score (nSPS) is 10.9. The molecule has 96 valence electrons. The number of benzene rings is 1. The molecule has 2 aromatic rings. The maximum atomic E-state index is 5.59. The van der Waals surface area contributed by atoms with Crippen LogP contribution in [0.1, 0.15) is 19.7 Å². The van der Waals surface area contributed by atoms with Crippen molar-refractivity contribution < 1.29 is 4.42 Å². The molecule has 18 heavy (non-hydrogen) atoms.